The Morgan fingerprint density at radius 2 is 2.19 bits per heavy atom. The second-order valence-corrected chi connectivity index (χ2v) is 7.69. The third-order valence-corrected chi connectivity index (χ3v) is 5.87. The fraction of sp³-hybridized carbons (Fsp3) is 0.316. The van der Waals surface area contributed by atoms with Gasteiger partial charge in [0.05, 0.1) is 6.04 Å². The summed E-state index contributed by atoms with van der Waals surface area (Å²) in [6.45, 7) is 4.59. The summed E-state index contributed by atoms with van der Waals surface area (Å²) in [5, 5.41) is 9.22. The van der Waals surface area contributed by atoms with E-state index >= 15 is 0 Å². The largest absolute Gasteiger partial charge is 0.338 e. The Balaban J connectivity index is 1.73. The average molecular weight is 387 g/mol. The topological polar surface area (TPSA) is 53.9 Å². The van der Waals surface area contributed by atoms with Crippen molar-refractivity contribution in [2.75, 3.05) is 7.05 Å². The molecule has 1 N–H and O–H groups in total. The molecule has 3 aromatic rings. The fourth-order valence-corrected chi connectivity index (χ4v) is 3.90. The van der Waals surface area contributed by atoms with E-state index in [0.717, 1.165) is 17.0 Å². The van der Waals surface area contributed by atoms with Gasteiger partial charge in [-0.15, -0.1) is 11.3 Å². The van der Waals surface area contributed by atoms with E-state index in [4.69, 9.17) is 12.2 Å². The predicted molar refractivity (Wildman–Crippen MR) is 108 cm³/mol. The monoisotopic (exact) mass is 386 g/mol. The third-order valence-electron chi connectivity index (χ3n) is 4.51. The lowest BCUT2D eigenvalue weighted by Crippen LogP contribution is -2.30. The number of amides is 1. The molecule has 0 bridgehead atoms. The van der Waals surface area contributed by atoms with Gasteiger partial charge in [0.2, 0.25) is 5.91 Å². The molecular formula is C19H22N4OS2. The Morgan fingerprint density at radius 1 is 1.38 bits per heavy atom. The Hall–Kier alpha value is -2.25. The highest BCUT2D eigenvalue weighted by Gasteiger charge is 2.19. The summed E-state index contributed by atoms with van der Waals surface area (Å²) < 4.78 is 2.43. The average Bonchev–Trinajstić information content (AvgIpc) is 3.28. The number of carbonyl (C=O) groups excluding carboxylic acids is 1. The van der Waals surface area contributed by atoms with Gasteiger partial charge in [-0.05, 0) is 43.6 Å². The van der Waals surface area contributed by atoms with E-state index in [9.17, 15) is 4.79 Å². The summed E-state index contributed by atoms with van der Waals surface area (Å²) in [5.41, 5.74) is 2.15. The summed E-state index contributed by atoms with van der Waals surface area (Å²) in [7, 11) is 1.85. The fourth-order valence-electron chi connectivity index (χ4n) is 2.85. The Labute approximate surface area is 162 Å². The predicted octanol–water partition coefficient (Wildman–Crippen LogP) is 4.59. The van der Waals surface area contributed by atoms with Crippen molar-refractivity contribution in [3.8, 4) is 11.4 Å². The van der Waals surface area contributed by atoms with E-state index in [2.05, 4.69) is 22.3 Å². The Bertz CT molecular complexity index is 943. The van der Waals surface area contributed by atoms with Gasteiger partial charge in [0.15, 0.2) is 10.6 Å². The van der Waals surface area contributed by atoms with Crippen LogP contribution in [-0.4, -0.2) is 32.6 Å². The first kappa shape index (κ1) is 18.5. The van der Waals surface area contributed by atoms with Crippen LogP contribution in [0.15, 0.2) is 41.8 Å². The van der Waals surface area contributed by atoms with Gasteiger partial charge in [-0.25, -0.2) is 0 Å². The maximum Gasteiger partial charge on any atom is 0.224 e. The first-order valence-electron chi connectivity index (χ1n) is 8.48. The molecule has 1 unspecified atom stereocenters. The SMILES string of the molecule is Cc1cccc(-c2n[nH]c(=S)n2CCC(=O)N(C)C(C)c2cccs2)c1. The van der Waals surface area contributed by atoms with E-state index in [1.54, 1.807) is 16.2 Å². The molecule has 1 aromatic carbocycles. The van der Waals surface area contributed by atoms with Gasteiger partial charge in [-0.3, -0.25) is 14.5 Å². The number of hydrogen-bond acceptors (Lipinski definition) is 4. The molecule has 0 aliphatic carbocycles. The second kappa shape index (κ2) is 7.97. The number of aromatic nitrogens is 3. The van der Waals surface area contributed by atoms with Gasteiger partial charge >= 0.3 is 0 Å². The number of nitrogens with zero attached hydrogens (tertiary/aromatic N) is 3. The van der Waals surface area contributed by atoms with Crippen molar-refractivity contribution < 1.29 is 4.79 Å². The molecule has 0 saturated carbocycles. The number of benzene rings is 1. The van der Waals surface area contributed by atoms with E-state index in [0.29, 0.717) is 17.7 Å². The summed E-state index contributed by atoms with van der Waals surface area (Å²) in [6.07, 6.45) is 0.374. The van der Waals surface area contributed by atoms with Crippen molar-refractivity contribution in [3.05, 3.63) is 57.0 Å². The summed E-state index contributed by atoms with van der Waals surface area (Å²) in [6, 6.07) is 12.2. The van der Waals surface area contributed by atoms with Gasteiger partial charge in [-0.1, -0.05) is 29.8 Å². The number of thiophene rings is 1. The highest BCUT2D eigenvalue weighted by molar-refractivity contribution is 7.71. The highest BCUT2D eigenvalue weighted by Crippen LogP contribution is 2.24. The van der Waals surface area contributed by atoms with Crippen LogP contribution in [0.3, 0.4) is 0 Å². The molecule has 1 atom stereocenters. The number of carbonyl (C=O) groups is 1. The molecular weight excluding hydrogens is 364 g/mol. The molecule has 7 heteroatoms. The van der Waals surface area contributed by atoms with Crippen molar-refractivity contribution in [2.24, 2.45) is 0 Å². The maximum atomic E-state index is 12.6. The van der Waals surface area contributed by atoms with Crippen LogP contribution in [0.25, 0.3) is 11.4 Å². The summed E-state index contributed by atoms with van der Waals surface area (Å²) in [4.78, 5) is 15.6. The third kappa shape index (κ3) is 3.94. The van der Waals surface area contributed by atoms with Gasteiger partial charge in [0.25, 0.3) is 0 Å². The van der Waals surface area contributed by atoms with Crippen molar-refractivity contribution >= 4 is 29.5 Å². The molecule has 136 valence electrons. The quantitative estimate of drug-likeness (QED) is 0.631. The minimum absolute atomic E-state index is 0.0658. The number of aromatic amines is 1. The minimum Gasteiger partial charge on any atom is -0.338 e. The zero-order valence-electron chi connectivity index (χ0n) is 15.1. The number of H-pyrrole nitrogens is 1. The first-order valence-corrected chi connectivity index (χ1v) is 9.77. The molecule has 0 aliphatic heterocycles. The van der Waals surface area contributed by atoms with Crippen molar-refractivity contribution in [2.45, 2.75) is 32.9 Å². The molecule has 0 fully saturated rings. The molecule has 0 aliphatic rings. The standard InChI is InChI=1S/C19H22N4OS2/c1-13-6-4-7-15(12-13)18-20-21-19(25)23(18)10-9-17(24)22(3)14(2)16-8-5-11-26-16/h4-8,11-12,14H,9-10H2,1-3H3,(H,21,25). The second-order valence-electron chi connectivity index (χ2n) is 6.32. The Kier molecular flexibility index (Phi) is 5.68. The van der Waals surface area contributed by atoms with Crippen LogP contribution in [-0.2, 0) is 11.3 Å². The van der Waals surface area contributed by atoms with Crippen LogP contribution in [0.4, 0.5) is 0 Å². The van der Waals surface area contributed by atoms with Crippen molar-refractivity contribution in [3.63, 3.8) is 0 Å². The number of nitrogens with one attached hydrogen (secondary N) is 1. The number of aryl methyl sites for hydroxylation is 1. The molecule has 1 amide bonds. The summed E-state index contributed by atoms with van der Waals surface area (Å²) >= 11 is 7.03. The Morgan fingerprint density at radius 3 is 2.88 bits per heavy atom. The van der Waals surface area contributed by atoms with Gasteiger partial charge in [0, 0.05) is 30.5 Å². The van der Waals surface area contributed by atoms with E-state index in [1.165, 1.54) is 4.88 Å². The van der Waals surface area contributed by atoms with E-state index < -0.39 is 0 Å². The number of hydrogen-bond donors (Lipinski definition) is 1. The molecule has 3 rings (SSSR count). The summed E-state index contributed by atoms with van der Waals surface area (Å²) in [5.74, 6) is 0.852. The van der Waals surface area contributed by atoms with Crippen LogP contribution in [0.5, 0.6) is 0 Å². The lowest BCUT2D eigenvalue weighted by molar-refractivity contribution is -0.132. The smallest absolute Gasteiger partial charge is 0.224 e. The van der Waals surface area contributed by atoms with Gasteiger partial charge in [0.1, 0.15) is 0 Å². The first-order chi connectivity index (χ1) is 12.5. The van der Waals surface area contributed by atoms with Crippen molar-refractivity contribution in [1.82, 2.24) is 19.7 Å². The molecule has 0 radical (unpaired) electrons. The van der Waals surface area contributed by atoms with Gasteiger partial charge < -0.3 is 4.90 Å². The normalized spacial score (nSPS) is 12.1. The lowest BCUT2D eigenvalue weighted by atomic mass is 10.1. The van der Waals surface area contributed by atoms with Gasteiger partial charge in [-0.2, -0.15) is 5.10 Å². The van der Waals surface area contributed by atoms with Crippen LogP contribution < -0.4 is 0 Å². The molecule has 2 heterocycles. The van der Waals surface area contributed by atoms with Crippen LogP contribution in [0.1, 0.15) is 29.8 Å². The van der Waals surface area contributed by atoms with E-state index in [-0.39, 0.29) is 11.9 Å². The molecule has 5 nitrogen and oxygen atoms in total. The van der Waals surface area contributed by atoms with Crippen molar-refractivity contribution in [1.29, 1.82) is 0 Å². The van der Waals surface area contributed by atoms with Crippen LogP contribution >= 0.6 is 23.6 Å². The molecule has 26 heavy (non-hydrogen) atoms. The van der Waals surface area contributed by atoms with Crippen LogP contribution in [0, 0.1) is 11.7 Å². The molecule has 2 aromatic heterocycles. The number of rotatable bonds is 6. The molecule has 0 saturated heterocycles. The zero-order chi connectivity index (χ0) is 18.7. The highest BCUT2D eigenvalue weighted by atomic mass is 32.1. The lowest BCUT2D eigenvalue weighted by Gasteiger charge is -2.24. The van der Waals surface area contributed by atoms with Crippen LogP contribution in [0.2, 0.25) is 0 Å². The minimum atomic E-state index is 0.0658. The molecule has 0 spiro atoms. The zero-order valence-corrected chi connectivity index (χ0v) is 16.7. The van der Waals surface area contributed by atoms with E-state index in [1.807, 2.05) is 55.1 Å². The maximum absolute atomic E-state index is 12.6.